The van der Waals surface area contributed by atoms with Crippen LogP contribution < -0.4 is 15.6 Å². The molecule has 9 nitrogen and oxygen atoms in total. The van der Waals surface area contributed by atoms with Gasteiger partial charge in [0.1, 0.15) is 11.5 Å². The highest BCUT2D eigenvalue weighted by atomic mass is 16.5. The Morgan fingerprint density at radius 1 is 1.31 bits per heavy atom. The summed E-state index contributed by atoms with van der Waals surface area (Å²) >= 11 is 0. The van der Waals surface area contributed by atoms with E-state index in [2.05, 4.69) is 21.1 Å². The minimum atomic E-state index is -0.617. The minimum Gasteiger partial charge on any atom is -0.457 e. The van der Waals surface area contributed by atoms with Crippen LogP contribution in [0.2, 0.25) is 0 Å². The third-order valence-electron chi connectivity index (χ3n) is 3.52. The molecule has 3 rings (SSSR count). The zero-order valence-electron chi connectivity index (χ0n) is 13.6. The lowest BCUT2D eigenvalue weighted by molar-refractivity contribution is -0.122. The summed E-state index contributed by atoms with van der Waals surface area (Å²) < 4.78 is 10.1. The molecule has 1 unspecified atom stereocenters. The molecule has 0 spiro atoms. The van der Waals surface area contributed by atoms with Crippen LogP contribution in [0, 0.1) is 5.92 Å². The fourth-order valence-electron chi connectivity index (χ4n) is 2.08. The van der Waals surface area contributed by atoms with Gasteiger partial charge in [0.15, 0.2) is 0 Å². The van der Waals surface area contributed by atoms with Crippen molar-refractivity contribution in [3.05, 3.63) is 54.0 Å². The Labute approximate surface area is 147 Å². The van der Waals surface area contributed by atoms with Crippen LogP contribution >= 0.6 is 0 Å². The highest BCUT2D eigenvalue weighted by molar-refractivity contribution is 6.44. The van der Waals surface area contributed by atoms with E-state index in [1.165, 1.54) is 18.5 Å². The Hall–Kier alpha value is -3.75. The summed E-state index contributed by atoms with van der Waals surface area (Å²) in [5, 5.41) is 7.47. The Kier molecular flexibility index (Phi) is 4.88. The Morgan fingerprint density at radius 2 is 2.08 bits per heavy atom. The van der Waals surface area contributed by atoms with Crippen molar-refractivity contribution in [3.63, 3.8) is 0 Å². The second-order valence-corrected chi connectivity index (χ2v) is 5.33. The van der Waals surface area contributed by atoms with Crippen LogP contribution in [-0.4, -0.2) is 29.7 Å². The second-order valence-electron chi connectivity index (χ2n) is 5.33. The number of hydrazone groups is 2. The molecule has 1 aromatic carbocycles. The molecular weight excluding hydrogens is 340 g/mol. The van der Waals surface area contributed by atoms with E-state index in [0.717, 1.165) is 0 Å². The molecular formula is C17H14N4O5. The summed E-state index contributed by atoms with van der Waals surface area (Å²) in [6, 6.07) is 9.56. The highest BCUT2D eigenvalue weighted by Gasteiger charge is 2.30. The number of hydrogen-bond acceptors (Lipinski definition) is 7. The van der Waals surface area contributed by atoms with Crippen LogP contribution in [0.5, 0.6) is 5.75 Å². The molecule has 2 heterocycles. The molecule has 9 heteroatoms. The van der Waals surface area contributed by atoms with E-state index >= 15 is 0 Å². The molecule has 1 atom stereocenters. The maximum Gasteiger partial charge on any atom is 0.379 e. The first-order valence-electron chi connectivity index (χ1n) is 7.61. The van der Waals surface area contributed by atoms with Crippen molar-refractivity contribution in [2.45, 2.75) is 6.92 Å². The van der Waals surface area contributed by atoms with Gasteiger partial charge in [0, 0.05) is 0 Å². The van der Waals surface area contributed by atoms with E-state index in [1.807, 2.05) is 0 Å². The van der Waals surface area contributed by atoms with Crippen molar-refractivity contribution in [1.29, 1.82) is 0 Å². The van der Waals surface area contributed by atoms with Gasteiger partial charge in [-0.05, 0) is 48.9 Å². The molecule has 1 aromatic heterocycles. The van der Waals surface area contributed by atoms with E-state index in [-0.39, 0.29) is 17.4 Å². The van der Waals surface area contributed by atoms with E-state index in [9.17, 15) is 14.4 Å². The number of esters is 1. The number of carbonyl (C=O) groups excluding carboxylic acids is 3. The maximum absolute atomic E-state index is 11.9. The number of ether oxygens (including phenoxy) is 1. The average molecular weight is 354 g/mol. The van der Waals surface area contributed by atoms with Gasteiger partial charge in [0.25, 0.3) is 5.91 Å². The van der Waals surface area contributed by atoms with Crippen LogP contribution in [0.25, 0.3) is 0 Å². The number of nitrogens with one attached hydrogen (secondary N) is 2. The third kappa shape index (κ3) is 3.83. The van der Waals surface area contributed by atoms with Crippen LogP contribution in [-0.2, 0) is 9.59 Å². The fourth-order valence-corrected chi connectivity index (χ4v) is 2.08. The van der Waals surface area contributed by atoms with E-state index in [4.69, 9.17) is 9.15 Å². The first kappa shape index (κ1) is 17.1. The summed E-state index contributed by atoms with van der Waals surface area (Å²) in [5.74, 6) is -1.66. The molecule has 1 aliphatic rings. The predicted octanol–water partition coefficient (Wildman–Crippen LogP) is 1.07. The van der Waals surface area contributed by atoms with Crippen molar-refractivity contribution in [3.8, 4) is 5.75 Å². The summed E-state index contributed by atoms with van der Waals surface area (Å²) in [6.45, 7) is 1.58. The number of carbonyl (C=O) groups is 3. The summed E-state index contributed by atoms with van der Waals surface area (Å²) in [6.07, 6.45) is 2.79. The van der Waals surface area contributed by atoms with Gasteiger partial charge in [-0.3, -0.25) is 9.59 Å². The van der Waals surface area contributed by atoms with Crippen molar-refractivity contribution in [1.82, 2.24) is 10.9 Å². The molecule has 2 N–H and O–H groups in total. The first-order valence-corrected chi connectivity index (χ1v) is 7.61. The van der Waals surface area contributed by atoms with Gasteiger partial charge in [-0.25, -0.2) is 15.6 Å². The van der Waals surface area contributed by atoms with E-state index < -0.39 is 17.8 Å². The largest absolute Gasteiger partial charge is 0.457 e. The number of nitrogens with zero attached hydrogens (tertiary/aromatic N) is 2. The van der Waals surface area contributed by atoms with Crippen LogP contribution in [0.15, 0.2) is 57.3 Å². The van der Waals surface area contributed by atoms with E-state index in [0.29, 0.717) is 11.3 Å². The van der Waals surface area contributed by atoms with Crippen LogP contribution in [0.1, 0.15) is 23.0 Å². The predicted molar refractivity (Wildman–Crippen MR) is 90.6 cm³/mol. The van der Waals surface area contributed by atoms with Gasteiger partial charge in [-0.15, -0.1) is 0 Å². The number of hydrogen-bond donors (Lipinski definition) is 2. The molecule has 26 heavy (non-hydrogen) atoms. The van der Waals surface area contributed by atoms with Crippen molar-refractivity contribution < 1.29 is 23.5 Å². The first-order chi connectivity index (χ1) is 12.5. The Bertz CT molecular complexity index is 884. The fraction of sp³-hybridized carbons (Fsp3) is 0.118. The number of furan rings is 1. The van der Waals surface area contributed by atoms with Gasteiger partial charge in [-0.1, -0.05) is 0 Å². The standard InChI is InChI=1S/C17H14N4O5/c1-10-14(19-21-15(10)22)16(23)20-18-9-11-4-6-12(7-5-11)26-17(24)13-3-2-8-25-13/h2-10H,1H3,(H,20,23)(H,21,22). The lowest BCUT2D eigenvalue weighted by Gasteiger charge is -2.03. The third-order valence-corrected chi connectivity index (χ3v) is 3.52. The van der Waals surface area contributed by atoms with Gasteiger partial charge < -0.3 is 9.15 Å². The van der Waals surface area contributed by atoms with E-state index in [1.54, 1.807) is 37.3 Å². The average Bonchev–Trinajstić information content (AvgIpc) is 3.28. The molecule has 0 aliphatic carbocycles. The maximum atomic E-state index is 11.9. The van der Waals surface area contributed by atoms with Gasteiger partial charge >= 0.3 is 5.97 Å². The SMILES string of the molecule is CC1C(=O)NN=C1C(=O)NN=Cc1ccc(OC(=O)c2ccco2)cc1. The summed E-state index contributed by atoms with van der Waals surface area (Å²) in [4.78, 5) is 34.9. The molecule has 0 saturated carbocycles. The molecule has 0 radical (unpaired) electrons. The summed E-state index contributed by atoms with van der Waals surface area (Å²) in [7, 11) is 0. The van der Waals surface area contributed by atoms with Crippen LogP contribution in [0.4, 0.5) is 0 Å². The quantitative estimate of drug-likeness (QED) is 0.360. The smallest absolute Gasteiger partial charge is 0.379 e. The Morgan fingerprint density at radius 3 is 2.69 bits per heavy atom. The number of rotatable bonds is 5. The number of benzene rings is 1. The normalized spacial score (nSPS) is 16.3. The summed E-state index contributed by atoms with van der Waals surface area (Å²) in [5.41, 5.74) is 5.27. The zero-order chi connectivity index (χ0) is 18.5. The lowest BCUT2D eigenvalue weighted by Crippen LogP contribution is -2.32. The molecule has 0 bridgehead atoms. The molecule has 2 amide bonds. The van der Waals surface area contributed by atoms with Gasteiger partial charge in [0.2, 0.25) is 11.7 Å². The molecule has 2 aromatic rings. The molecule has 0 saturated heterocycles. The van der Waals surface area contributed by atoms with Crippen molar-refractivity contribution >= 4 is 29.7 Å². The molecule has 1 aliphatic heterocycles. The second kappa shape index (κ2) is 7.43. The van der Waals surface area contributed by atoms with Crippen LogP contribution in [0.3, 0.4) is 0 Å². The van der Waals surface area contributed by atoms with Gasteiger partial charge in [-0.2, -0.15) is 10.2 Å². The van der Waals surface area contributed by atoms with Crippen molar-refractivity contribution in [2.75, 3.05) is 0 Å². The molecule has 132 valence electrons. The monoisotopic (exact) mass is 354 g/mol. The lowest BCUT2D eigenvalue weighted by atomic mass is 10.1. The topological polar surface area (TPSA) is 122 Å². The highest BCUT2D eigenvalue weighted by Crippen LogP contribution is 2.14. The minimum absolute atomic E-state index is 0.0762. The zero-order valence-corrected chi connectivity index (χ0v) is 13.6. The number of amides is 2. The molecule has 0 fully saturated rings. The van der Waals surface area contributed by atoms with Gasteiger partial charge in [0.05, 0.1) is 18.4 Å². The van der Waals surface area contributed by atoms with Crippen molar-refractivity contribution in [2.24, 2.45) is 16.1 Å². The Balaban J connectivity index is 1.54.